The van der Waals surface area contributed by atoms with Crippen molar-refractivity contribution in [1.29, 1.82) is 0 Å². The standard InChI is InChI=1S/C27H39N7O2/c1-3-30-13-15-32(16-14-30)25-10-11-26(29-28-25)34-12-4-5-22(21-34)27(35)33-19-17-31(18-20-33)23-6-8-24(36-2)9-7-23/h6-11,22H,3-5,12-21H2,1-2H3/t22-/m0/s1. The summed E-state index contributed by atoms with van der Waals surface area (Å²) >= 11 is 0. The lowest BCUT2D eigenvalue weighted by Crippen LogP contribution is -2.52. The number of nitrogens with zero attached hydrogens (tertiary/aromatic N) is 7. The fraction of sp³-hybridized carbons (Fsp3) is 0.593. The zero-order chi connectivity index (χ0) is 24.9. The Hall–Kier alpha value is -3.07. The van der Waals surface area contributed by atoms with Crippen molar-refractivity contribution in [2.24, 2.45) is 5.92 Å². The van der Waals surface area contributed by atoms with Crippen molar-refractivity contribution >= 4 is 23.2 Å². The van der Waals surface area contributed by atoms with Crippen LogP contribution in [0.4, 0.5) is 17.3 Å². The minimum Gasteiger partial charge on any atom is -0.497 e. The first-order chi connectivity index (χ1) is 17.6. The number of rotatable bonds is 6. The Bertz CT molecular complexity index is 984. The van der Waals surface area contributed by atoms with Gasteiger partial charge in [-0.3, -0.25) is 4.79 Å². The smallest absolute Gasteiger partial charge is 0.227 e. The molecular weight excluding hydrogens is 454 g/mol. The van der Waals surface area contributed by atoms with E-state index in [-0.39, 0.29) is 11.8 Å². The van der Waals surface area contributed by atoms with E-state index in [1.54, 1.807) is 7.11 Å². The number of ether oxygens (including phenoxy) is 1. The van der Waals surface area contributed by atoms with Crippen molar-refractivity contribution in [3.63, 3.8) is 0 Å². The van der Waals surface area contributed by atoms with E-state index in [1.165, 1.54) is 5.69 Å². The summed E-state index contributed by atoms with van der Waals surface area (Å²) in [6.07, 6.45) is 1.95. The van der Waals surface area contributed by atoms with Gasteiger partial charge in [-0.2, -0.15) is 0 Å². The van der Waals surface area contributed by atoms with Gasteiger partial charge < -0.3 is 29.2 Å². The van der Waals surface area contributed by atoms with Crippen LogP contribution in [0.2, 0.25) is 0 Å². The molecule has 0 unspecified atom stereocenters. The number of hydrogen-bond acceptors (Lipinski definition) is 8. The van der Waals surface area contributed by atoms with Crippen LogP contribution in [0.5, 0.6) is 5.75 Å². The quantitative estimate of drug-likeness (QED) is 0.607. The van der Waals surface area contributed by atoms with Crippen molar-refractivity contribution in [2.75, 3.05) is 93.8 Å². The molecule has 0 radical (unpaired) electrons. The van der Waals surface area contributed by atoms with E-state index in [4.69, 9.17) is 4.74 Å². The number of piperazine rings is 2. The van der Waals surface area contributed by atoms with Gasteiger partial charge >= 0.3 is 0 Å². The molecule has 194 valence electrons. The Kier molecular flexibility index (Phi) is 7.75. The third kappa shape index (κ3) is 5.51. The van der Waals surface area contributed by atoms with Gasteiger partial charge in [0.2, 0.25) is 5.91 Å². The van der Waals surface area contributed by atoms with Gasteiger partial charge in [0.15, 0.2) is 11.6 Å². The molecule has 36 heavy (non-hydrogen) atoms. The largest absolute Gasteiger partial charge is 0.497 e. The second kappa shape index (κ2) is 11.3. The second-order valence-corrected chi connectivity index (χ2v) is 9.97. The van der Waals surface area contributed by atoms with E-state index in [0.717, 1.165) is 102 Å². The van der Waals surface area contributed by atoms with Gasteiger partial charge in [-0.1, -0.05) is 6.92 Å². The number of piperidine rings is 1. The number of carbonyl (C=O) groups is 1. The highest BCUT2D eigenvalue weighted by Crippen LogP contribution is 2.26. The predicted octanol–water partition coefficient (Wildman–Crippen LogP) is 2.19. The van der Waals surface area contributed by atoms with Crippen LogP contribution in [0, 0.1) is 5.92 Å². The van der Waals surface area contributed by atoms with Crippen LogP contribution in [-0.2, 0) is 4.79 Å². The first-order valence-electron chi connectivity index (χ1n) is 13.4. The molecule has 1 amide bonds. The van der Waals surface area contributed by atoms with Crippen LogP contribution in [-0.4, -0.2) is 105 Å². The molecule has 4 heterocycles. The van der Waals surface area contributed by atoms with Gasteiger partial charge in [0.25, 0.3) is 0 Å². The summed E-state index contributed by atoms with van der Waals surface area (Å²) in [7, 11) is 1.68. The van der Waals surface area contributed by atoms with Crippen molar-refractivity contribution < 1.29 is 9.53 Å². The summed E-state index contributed by atoms with van der Waals surface area (Å²) in [5.74, 6) is 3.01. The van der Waals surface area contributed by atoms with Gasteiger partial charge in [-0.15, -0.1) is 10.2 Å². The minimum absolute atomic E-state index is 0.0230. The maximum absolute atomic E-state index is 13.4. The zero-order valence-electron chi connectivity index (χ0n) is 21.7. The number of likely N-dealkylation sites (N-methyl/N-ethyl adjacent to an activating group) is 1. The highest BCUT2D eigenvalue weighted by atomic mass is 16.5. The molecule has 3 fully saturated rings. The Morgan fingerprint density at radius 3 is 2.08 bits per heavy atom. The van der Waals surface area contributed by atoms with E-state index >= 15 is 0 Å². The summed E-state index contributed by atoms with van der Waals surface area (Å²) in [6, 6.07) is 12.3. The molecule has 2 aromatic rings. The van der Waals surface area contributed by atoms with E-state index < -0.39 is 0 Å². The zero-order valence-corrected chi connectivity index (χ0v) is 21.7. The SMILES string of the molecule is CCN1CCN(c2ccc(N3CCC[C@H](C(=O)N4CCN(c5ccc(OC)cc5)CC4)C3)nn2)CC1. The van der Waals surface area contributed by atoms with Crippen LogP contribution in [0.15, 0.2) is 36.4 Å². The van der Waals surface area contributed by atoms with E-state index in [1.807, 2.05) is 12.1 Å². The van der Waals surface area contributed by atoms with Crippen molar-refractivity contribution in [3.05, 3.63) is 36.4 Å². The number of benzene rings is 1. The third-order valence-electron chi connectivity index (χ3n) is 7.90. The summed E-state index contributed by atoms with van der Waals surface area (Å²) < 4.78 is 5.27. The van der Waals surface area contributed by atoms with E-state index in [9.17, 15) is 4.79 Å². The van der Waals surface area contributed by atoms with Crippen LogP contribution in [0.1, 0.15) is 19.8 Å². The molecule has 0 N–H and O–H groups in total. The monoisotopic (exact) mass is 493 g/mol. The van der Waals surface area contributed by atoms with Gasteiger partial charge in [0, 0.05) is 71.1 Å². The lowest BCUT2D eigenvalue weighted by Gasteiger charge is -2.40. The summed E-state index contributed by atoms with van der Waals surface area (Å²) in [4.78, 5) is 24.8. The topological polar surface area (TPSA) is 68.3 Å². The Morgan fingerprint density at radius 2 is 1.47 bits per heavy atom. The third-order valence-corrected chi connectivity index (χ3v) is 7.90. The van der Waals surface area contributed by atoms with Crippen molar-refractivity contribution in [3.8, 4) is 5.75 Å². The van der Waals surface area contributed by atoms with E-state index in [2.05, 4.69) is 65.9 Å². The predicted molar refractivity (Wildman–Crippen MR) is 143 cm³/mol. The molecule has 1 aromatic carbocycles. The first-order valence-corrected chi connectivity index (χ1v) is 13.4. The Morgan fingerprint density at radius 1 is 0.833 bits per heavy atom. The van der Waals surface area contributed by atoms with Crippen LogP contribution >= 0.6 is 0 Å². The number of anilines is 3. The fourth-order valence-electron chi connectivity index (χ4n) is 5.57. The summed E-state index contributed by atoms with van der Waals surface area (Å²) in [5, 5.41) is 9.10. The maximum atomic E-state index is 13.4. The van der Waals surface area contributed by atoms with Crippen molar-refractivity contribution in [2.45, 2.75) is 19.8 Å². The van der Waals surface area contributed by atoms with Gasteiger partial charge in [0.05, 0.1) is 13.0 Å². The first kappa shape index (κ1) is 24.6. The maximum Gasteiger partial charge on any atom is 0.227 e. The number of amides is 1. The highest BCUT2D eigenvalue weighted by Gasteiger charge is 2.32. The number of hydrogen-bond donors (Lipinski definition) is 0. The van der Waals surface area contributed by atoms with Gasteiger partial charge in [-0.05, 0) is 55.8 Å². The average Bonchev–Trinajstić information content (AvgIpc) is 2.97. The number of aromatic nitrogens is 2. The molecule has 0 saturated carbocycles. The second-order valence-electron chi connectivity index (χ2n) is 9.97. The van der Waals surface area contributed by atoms with Gasteiger partial charge in [0.1, 0.15) is 5.75 Å². The molecule has 0 aliphatic carbocycles. The van der Waals surface area contributed by atoms with Crippen LogP contribution in [0.3, 0.4) is 0 Å². The average molecular weight is 494 g/mol. The molecule has 3 saturated heterocycles. The number of methoxy groups -OCH3 is 1. The highest BCUT2D eigenvalue weighted by molar-refractivity contribution is 5.80. The lowest BCUT2D eigenvalue weighted by atomic mass is 9.96. The molecule has 0 bridgehead atoms. The van der Waals surface area contributed by atoms with Crippen LogP contribution < -0.4 is 19.4 Å². The molecule has 5 rings (SSSR count). The molecule has 0 spiro atoms. The Balaban J connectivity index is 1.13. The van der Waals surface area contributed by atoms with Crippen molar-refractivity contribution in [1.82, 2.24) is 20.0 Å². The van der Waals surface area contributed by atoms with E-state index in [0.29, 0.717) is 0 Å². The molecule has 1 atom stereocenters. The number of carbonyl (C=O) groups excluding carboxylic acids is 1. The molecule has 3 aliphatic rings. The minimum atomic E-state index is 0.0230. The molecule has 9 nitrogen and oxygen atoms in total. The lowest BCUT2D eigenvalue weighted by molar-refractivity contribution is -0.136. The Labute approximate surface area is 214 Å². The normalized spacial score (nSPS) is 21.6. The van der Waals surface area contributed by atoms with Crippen LogP contribution in [0.25, 0.3) is 0 Å². The molecule has 9 heteroatoms. The fourth-order valence-corrected chi connectivity index (χ4v) is 5.57. The van der Waals surface area contributed by atoms with Gasteiger partial charge in [-0.25, -0.2) is 0 Å². The summed E-state index contributed by atoms with van der Waals surface area (Å²) in [6.45, 7) is 12.3. The molecule has 3 aliphatic heterocycles. The summed E-state index contributed by atoms with van der Waals surface area (Å²) in [5.41, 5.74) is 1.18. The molecule has 1 aromatic heterocycles. The molecular formula is C27H39N7O2.